The van der Waals surface area contributed by atoms with Crippen molar-refractivity contribution in [2.75, 3.05) is 23.0 Å². The van der Waals surface area contributed by atoms with E-state index in [1.54, 1.807) is 0 Å². The van der Waals surface area contributed by atoms with Gasteiger partial charge in [-0.25, -0.2) is 0 Å². The van der Waals surface area contributed by atoms with E-state index in [1.807, 2.05) is 38.1 Å². The molecule has 0 radical (unpaired) electrons. The molecule has 8 rings (SSSR count). The Morgan fingerprint density at radius 2 is 1.05 bits per heavy atom. The smallest absolute Gasteiger partial charge is 0.126 e. The Hall–Kier alpha value is -7.30. The molecule has 0 saturated carbocycles. The summed E-state index contributed by atoms with van der Waals surface area (Å²) in [6.07, 6.45) is 16.6. The molecule has 0 N–H and O–H groups in total. The molecule has 320 valence electrons. The van der Waals surface area contributed by atoms with Gasteiger partial charge in [-0.2, -0.15) is 0 Å². The van der Waals surface area contributed by atoms with Crippen molar-refractivity contribution < 1.29 is 9.47 Å². The van der Waals surface area contributed by atoms with Crippen molar-refractivity contribution in [1.82, 2.24) is 0 Å². The lowest BCUT2D eigenvalue weighted by Crippen LogP contribution is -2.18. The highest BCUT2D eigenvalue weighted by atomic mass is 16.5. The topological polar surface area (TPSA) is 24.9 Å². The molecule has 1 aliphatic rings. The zero-order valence-corrected chi connectivity index (χ0v) is 38.0. The lowest BCUT2D eigenvalue weighted by Gasteiger charge is -2.30. The summed E-state index contributed by atoms with van der Waals surface area (Å²) in [5.41, 5.74) is 17.5. The molecule has 0 spiro atoms. The molecule has 0 bridgehead atoms. The van der Waals surface area contributed by atoms with Crippen molar-refractivity contribution in [2.24, 2.45) is 5.92 Å². The SMILES string of the molecule is CCOc1ccc(/C=C/c2ccc(N(c3ccc(-c4ccc(N(C5=CCC(/C=C/c6ccccc6OCC)C=C5)c5ccc(C)cc5C)cc4)cc3)c3ccc(C)cc3C)cc2)cc1. The summed E-state index contributed by atoms with van der Waals surface area (Å²) in [6.45, 7) is 14.0. The number of allylic oxidation sites excluding steroid dienone is 4. The molecule has 0 saturated heterocycles. The zero-order chi connectivity index (χ0) is 44.4. The lowest BCUT2D eigenvalue weighted by atomic mass is 9.96. The summed E-state index contributed by atoms with van der Waals surface area (Å²) in [4.78, 5) is 4.75. The van der Waals surface area contributed by atoms with Crippen molar-refractivity contribution in [3.8, 4) is 22.6 Å². The number of para-hydroxylation sites is 1. The molecule has 1 unspecified atom stereocenters. The Balaban J connectivity index is 1.03. The zero-order valence-electron chi connectivity index (χ0n) is 38.0. The Morgan fingerprint density at radius 1 is 0.531 bits per heavy atom. The fourth-order valence-corrected chi connectivity index (χ4v) is 8.41. The second-order valence-corrected chi connectivity index (χ2v) is 16.5. The van der Waals surface area contributed by atoms with Crippen molar-refractivity contribution >= 4 is 46.7 Å². The van der Waals surface area contributed by atoms with Gasteiger partial charge < -0.3 is 19.3 Å². The first-order valence-corrected chi connectivity index (χ1v) is 22.5. The summed E-state index contributed by atoms with van der Waals surface area (Å²) < 4.78 is 11.5. The summed E-state index contributed by atoms with van der Waals surface area (Å²) in [5, 5.41) is 0. The van der Waals surface area contributed by atoms with E-state index in [1.165, 1.54) is 44.8 Å². The first-order valence-electron chi connectivity index (χ1n) is 22.5. The Morgan fingerprint density at radius 3 is 1.58 bits per heavy atom. The predicted molar refractivity (Wildman–Crippen MR) is 273 cm³/mol. The maximum Gasteiger partial charge on any atom is 0.126 e. The summed E-state index contributed by atoms with van der Waals surface area (Å²) in [6, 6.07) is 56.6. The van der Waals surface area contributed by atoms with Crippen LogP contribution >= 0.6 is 0 Å². The highest BCUT2D eigenvalue weighted by Gasteiger charge is 2.19. The molecular formula is C60H58N2O2. The third-order valence-electron chi connectivity index (χ3n) is 11.7. The van der Waals surface area contributed by atoms with E-state index in [4.69, 9.17) is 9.47 Å². The standard InChI is InChI=1S/C60H58N2O2/c1-7-63-57-37-22-48(23-38-57)16-15-47-18-29-53(30-19-47)61(58-39-13-43(3)41-45(58)5)55-33-25-50(26-34-55)51-27-35-56(36-28-51)62(59-40-14-44(4)42-46(59)6)54-31-20-49(21-32-54)17-24-52-11-9-10-12-60(52)64-8-2/h9-20,22-42,49H,7-8,21H2,1-6H3/b16-15+,24-17+. The first-order chi connectivity index (χ1) is 31.3. The third-order valence-corrected chi connectivity index (χ3v) is 11.7. The van der Waals surface area contributed by atoms with Crippen LogP contribution in [-0.2, 0) is 0 Å². The second-order valence-electron chi connectivity index (χ2n) is 16.5. The van der Waals surface area contributed by atoms with Crippen molar-refractivity contribution in [3.05, 3.63) is 227 Å². The number of ether oxygens (including phenoxy) is 2. The molecule has 1 aliphatic carbocycles. The molecule has 1 atom stereocenters. The van der Waals surface area contributed by atoms with Crippen LogP contribution in [0.4, 0.5) is 28.4 Å². The third kappa shape index (κ3) is 10.3. The van der Waals surface area contributed by atoms with Crippen LogP contribution in [0.5, 0.6) is 11.5 Å². The number of anilines is 5. The predicted octanol–water partition coefficient (Wildman–Crippen LogP) is 16.3. The maximum absolute atomic E-state index is 5.87. The molecule has 7 aromatic rings. The Labute approximate surface area is 380 Å². The normalized spacial score (nSPS) is 13.6. The minimum atomic E-state index is 0.299. The molecule has 7 aromatic carbocycles. The number of hydrogen-bond donors (Lipinski definition) is 0. The highest BCUT2D eigenvalue weighted by Crippen LogP contribution is 2.40. The van der Waals surface area contributed by atoms with Gasteiger partial charge in [0.15, 0.2) is 0 Å². The molecule has 0 heterocycles. The fraction of sp³-hybridized carbons (Fsp3) is 0.167. The lowest BCUT2D eigenvalue weighted by molar-refractivity contribution is 0.339. The van der Waals surface area contributed by atoms with Gasteiger partial charge in [0.25, 0.3) is 0 Å². The van der Waals surface area contributed by atoms with Crippen LogP contribution in [0.15, 0.2) is 188 Å². The van der Waals surface area contributed by atoms with Gasteiger partial charge >= 0.3 is 0 Å². The van der Waals surface area contributed by atoms with Gasteiger partial charge in [0.1, 0.15) is 11.5 Å². The van der Waals surface area contributed by atoms with Crippen molar-refractivity contribution in [1.29, 1.82) is 0 Å². The van der Waals surface area contributed by atoms with Crippen molar-refractivity contribution in [3.63, 3.8) is 0 Å². The molecule has 0 amide bonds. The number of benzene rings is 7. The molecule has 4 nitrogen and oxygen atoms in total. The quantitative estimate of drug-likeness (QED) is 0.0961. The van der Waals surface area contributed by atoms with Gasteiger partial charge in [-0.3, -0.25) is 0 Å². The van der Waals surface area contributed by atoms with E-state index < -0.39 is 0 Å². The molecule has 0 aliphatic heterocycles. The van der Waals surface area contributed by atoms with E-state index in [0.29, 0.717) is 19.1 Å². The first kappa shape index (κ1) is 43.4. The summed E-state index contributed by atoms with van der Waals surface area (Å²) in [5.74, 6) is 2.11. The van der Waals surface area contributed by atoms with Gasteiger partial charge in [-0.15, -0.1) is 0 Å². The molecule has 0 fully saturated rings. The van der Waals surface area contributed by atoms with Crippen LogP contribution in [0.1, 0.15) is 59.2 Å². The minimum Gasteiger partial charge on any atom is -0.494 e. The molecular weight excluding hydrogens is 781 g/mol. The molecule has 4 heteroatoms. The fourth-order valence-electron chi connectivity index (χ4n) is 8.41. The number of hydrogen-bond acceptors (Lipinski definition) is 4. The average molecular weight is 839 g/mol. The highest BCUT2D eigenvalue weighted by molar-refractivity contribution is 5.82. The van der Waals surface area contributed by atoms with Gasteiger partial charge in [0, 0.05) is 39.7 Å². The van der Waals surface area contributed by atoms with Crippen LogP contribution in [-0.4, -0.2) is 13.2 Å². The summed E-state index contributed by atoms with van der Waals surface area (Å²) >= 11 is 0. The Kier molecular flexibility index (Phi) is 13.7. The van der Waals surface area contributed by atoms with Crippen LogP contribution in [0.3, 0.4) is 0 Å². The second kappa shape index (κ2) is 20.3. The van der Waals surface area contributed by atoms with Crippen LogP contribution in [0.25, 0.3) is 29.4 Å². The largest absolute Gasteiger partial charge is 0.494 e. The van der Waals surface area contributed by atoms with E-state index in [9.17, 15) is 0 Å². The average Bonchev–Trinajstić information content (AvgIpc) is 3.31. The van der Waals surface area contributed by atoms with Gasteiger partial charge in [-0.1, -0.05) is 139 Å². The van der Waals surface area contributed by atoms with E-state index in [-0.39, 0.29) is 0 Å². The van der Waals surface area contributed by atoms with Gasteiger partial charge in [0.2, 0.25) is 0 Å². The minimum absolute atomic E-state index is 0.299. The van der Waals surface area contributed by atoms with E-state index in [2.05, 4.69) is 213 Å². The van der Waals surface area contributed by atoms with Crippen LogP contribution in [0.2, 0.25) is 0 Å². The van der Waals surface area contributed by atoms with Crippen LogP contribution < -0.4 is 19.3 Å². The number of nitrogens with zero attached hydrogens (tertiary/aromatic N) is 2. The van der Waals surface area contributed by atoms with Crippen LogP contribution in [0, 0.1) is 33.6 Å². The number of aryl methyl sites for hydroxylation is 4. The monoisotopic (exact) mass is 838 g/mol. The number of rotatable bonds is 15. The van der Waals surface area contributed by atoms with Crippen molar-refractivity contribution in [2.45, 2.75) is 48.0 Å². The van der Waals surface area contributed by atoms with E-state index >= 15 is 0 Å². The molecule has 64 heavy (non-hydrogen) atoms. The molecule has 0 aromatic heterocycles. The van der Waals surface area contributed by atoms with E-state index in [0.717, 1.165) is 57.4 Å². The van der Waals surface area contributed by atoms with Gasteiger partial charge in [0.05, 0.1) is 13.2 Å². The van der Waals surface area contributed by atoms with Gasteiger partial charge in [-0.05, 0) is 160 Å². The summed E-state index contributed by atoms with van der Waals surface area (Å²) in [7, 11) is 0. The maximum atomic E-state index is 5.87. The Bertz CT molecular complexity index is 2790.